The molecule has 0 saturated heterocycles. The number of nitrogen functional groups attached to an aromatic ring is 1. The van der Waals surface area contributed by atoms with Gasteiger partial charge in [0.15, 0.2) is 5.82 Å². The van der Waals surface area contributed by atoms with Crippen LogP contribution in [-0.2, 0) is 6.54 Å². The lowest BCUT2D eigenvalue weighted by atomic mass is 10.2. The van der Waals surface area contributed by atoms with E-state index in [0.717, 1.165) is 11.6 Å². The zero-order chi connectivity index (χ0) is 14.8. The molecule has 3 aromatic rings. The van der Waals surface area contributed by atoms with Gasteiger partial charge >= 0.3 is 0 Å². The van der Waals surface area contributed by atoms with E-state index in [0.29, 0.717) is 17.1 Å². The van der Waals surface area contributed by atoms with Crippen LogP contribution in [0.5, 0.6) is 0 Å². The van der Waals surface area contributed by atoms with Crippen molar-refractivity contribution >= 4 is 5.69 Å². The van der Waals surface area contributed by atoms with E-state index in [4.69, 9.17) is 5.73 Å². The van der Waals surface area contributed by atoms with Crippen LogP contribution in [0.15, 0.2) is 48.8 Å². The Morgan fingerprint density at radius 3 is 2.52 bits per heavy atom. The van der Waals surface area contributed by atoms with E-state index in [9.17, 15) is 8.78 Å². The van der Waals surface area contributed by atoms with Crippen molar-refractivity contribution in [2.24, 2.45) is 0 Å². The number of hydrogen-bond acceptors (Lipinski definition) is 3. The third-order valence-corrected chi connectivity index (χ3v) is 3.05. The normalized spacial score (nSPS) is 10.8. The zero-order valence-corrected chi connectivity index (χ0v) is 11.0. The van der Waals surface area contributed by atoms with Crippen LogP contribution in [0.2, 0.25) is 0 Å². The van der Waals surface area contributed by atoms with Crippen LogP contribution in [0, 0.1) is 11.6 Å². The summed E-state index contributed by atoms with van der Waals surface area (Å²) in [4.78, 5) is 4.17. The minimum Gasteiger partial charge on any atom is -0.399 e. The first-order valence-corrected chi connectivity index (χ1v) is 6.31. The second-order valence-electron chi connectivity index (χ2n) is 4.62. The van der Waals surface area contributed by atoms with Gasteiger partial charge in [0.05, 0.1) is 6.54 Å². The summed E-state index contributed by atoms with van der Waals surface area (Å²) in [6.45, 7) is 0.189. The van der Waals surface area contributed by atoms with Gasteiger partial charge in [-0.25, -0.2) is 18.4 Å². The molecule has 21 heavy (non-hydrogen) atoms. The predicted octanol–water partition coefficient (Wildman–Crippen LogP) is 2.85. The van der Waals surface area contributed by atoms with Gasteiger partial charge in [-0.15, -0.1) is 0 Å². The molecule has 0 aliphatic rings. The molecule has 0 aliphatic carbocycles. The summed E-state index contributed by atoms with van der Waals surface area (Å²) in [5.74, 6) is -0.672. The Balaban J connectivity index is 1.83. The van der Waals surface area contributed by atoms with Gasteiger partial charge in [0, 0.05) is 22.9 Å². The molecule has 3 rings (SSSR count). The van der Waals surface area contributed by atoms with Gasteiger partial charge in [-0.1, -0.05) is 6.07 Å². The summed E-state index contributed by atoms with van der Waals surface area (Å²) >= 11 is 0. The lowest BCUT2D eigenvalue weighted by molar-refractivity contribution is 0.558. The van der Waals surface area contributed by atoms with Gasteiger partial charge in [0.1, 0.15) is 18.0 Å². The number of hydrogen-bond donors (Lipinski definition) is 1. The summed E-state index contributed by atoms with van der Waals surface area (Å²) in [6.07, 6.45) is 1.51. The maximum atomic E-state index is 13.6. The standard InChI is InChI=1S/C15H12F2N4/c16-12-4-1-11(14(17)7-12)8-21-9-19-15(20-21)10-2-5-13(18)6-3-10/h1-7,9H,8,18H2. The summed E-state index contributed by atoms with van der Waals surface area (Å²) in [6, 6.07) is 10.6. The minimum atomic E-state index is -0.600. The highest BCUT2D eigenvalue weighted by atomic mass is 19.1. The molecule has 0 unspecified atom stereocenters. The van der Waals surface area contributed by atoms with Gasteiger partial charge < -0.3 is 5.73 Å². The van der Waals surface area contributed by atoms with Crippen LogP contribution >= 0.6 is 0 Å². The van der Waals surface area contributed by atoms with Crippen LogP contribution in [0.3, 0.4) is 0 Å². The summed E-state index contributed by atoms with van der Waals surface area (Å²) in [5, 5.41) is 4.27. The third kappa shape index (κ3) is 2.89. The van der Waals surface area contributed by atoms with Crippen molar-refractivity contribution in [2.75, 3.05) is 5.73 Å². The minimum absolute atomic E-state index is 0.189. The molecule has 0 radical (unpaired) electrons. The van der Waals surface area contributed by atoms with E-state index in [-0.39, 0.29) is 6.54 Å². The van der Waals surface area contributed by atoms with Crippen molar-refractivity contribution in [3.63, 3.8) is 0 Å². The Morgan fingerprint density at radius 2 is 1.81 bits per heavy atom. The number of nitrogens with two attached hydrogens (primary N) is 1. The fraction of sp³-hybridized carbons (Fsp3) is 0.0667. The average molecular weight is 286 g/mol. The van der Waals surface area contributed by atoms with Crippen LogP contribution in [0.4, 0.5) is 14.5 Å². The van der Waals surface area contributed by atoms with Crippen LogP contribution < -0.4 is 5.73 Å². The Bertz CT molecular complexity index is 766. The van der Waals surface area contributed by atoms with E-state index >= 15 is 0 Å². The number of halogens is 2. The maximum absolute atomic E-state index is 13.6. The highest BCUT2D eigenvalue weighted by molar-refractivity contribution is 5.57. The van der Waals surface area contributed by atoms with Crippen molar-refractivity contribution in [2.45, 2.75) is 6.54 Å². The number of anilines is 1. The molecule has 0 aliphatic heterocycles. The first kappa shape index (κ1) is 13.2. The topological polar surface area (TPSA) is 56.7 Å². The van der Waals surface area contributed by atoms with Crippen LogP contribution in [0.25, 0.3) is 11.4 Å². The Hall–Kier alpha value is -2.76. The monoisotopic (exact) mass is 286 g/mol. The van der Waals surface area contributed by atoms with E-state index in [1.165, 1.54) is 23.1 Å². The van der Waals surface area contributed by atoms with Crippen molar-refractivity contribution in [1.82, 2.24) is 14.8 Å². The summed E-state index contributed by atoms with van der Waals surface area (Å²) in [7, 11) is 0. The van der Waals surface area contributed by atoms with Crippen molar-refractivity contribution < 1.29 is 8.78 Å². The lowest BCUT2D eigenvalue weighted by Crippen LogP contribution is -2.03. The third-order valence-electron chi connectivity index (χ3n) is 3.05. The van der Waals surface area contributed by atoms with Crippen LogP contribution in [-0.4, -0.2) is 14.8 Å². The number of rotatable bonds is 3. The Labute approximate surface area is 119 Å². The quantitative estimate of drug-likeness (QED) is 0.753. The van der Waals surface area contributed by atoms with Crippen molar-refractivity contribution in [3.05, 3.63) is 66.0 Å². The Morgan fingerprint density at radius 1 is 1.05 bits per heavy atom. The second kappa shape index (κ2) is 5.32. The molecule has 2 aromatic carbocycles. The molecule has 2 N–H and O–H groups in total. The number of nitrogens with zero attached hydrogens (tertiary/aromatic N) is 3. The van der Waals surface area contributed by atoms with E-state index in [2.05, 4.69) is 10.1 Å². The molecule has 4 nitrogen and oxygen atoms in total. The molecular weight excluding hydrogens is 274 g/mol. The van der Waals surface area contributed by atoms with Gasteiger partial charge in [-0.2, -0.15) is 5.10 Å². The summed E-state index contributed by atoms with van der Waals surface area (Å²) in [5.41, 5.74) is 7.46. The first-order chi connectivity index (χ1) is 10.1. The molecule has 0 spiro atoms. The molecule has 0 saturated carbocycles. The van der Waals surface area contributed by atoms with Crippen molar-refractivity contribution in [3.8, 4) is 11.4 Å². The maximum Gasteiger partial charge on any atom is 0.181 e. The molecule has 6 heteroatoms. The zero-order valence-electron chi connectivity index (χ0n) is 11.0. The molecule has 106 valence electrons. The largest absolute Gasteiger partial charge is 0.399 e. The molecule has 0 atom stereocenters. The fourth-order valence-corrected chi connectivity index (χ4v) is 1.96. The number of aromatic nitrogens is 3. The highest BCUT2D eigenvalue weighted by Gasteiger charge is 2.08. The van der Waals surface area contributed by atoms with Gasteiger partial charge in [0.2, 0.25) is 0 Å². The van der Waals surface area contributed by atoms with Crippen LogP contribution in [0.1, 0.15) is 5.56 Å². The first-order valence-electron chi connectivity index (χ1n) is 6.31. The lowest BCUT2D eigenvalue weighted by Gasteiger charge is -2.03. The smallest absolute Gasteiger partial charge is 0.181 e. The van der Waals surface area contributed by atoms with E-state index in [1.807, 2.05) is 12.1 Å². The molecule has 0 bridgehead atoms. The molecule has 1 heterocycles. The van der Waals surface area contributed by atoms with Gasteiger partial charge in [-0.05, 0) is 30.3 Å². The molecule has 1 aromatic heterocycles. The molecule has 0 amide bonds. The average Bonchev–Trinajstić information content (AvgIpc) is 2.91. The van der Waals surface area contributed by atoms with Crippen molar-refractivity contribution in [1.29, 1.82) is 0 Å². The fourth-order valence-electron chi connectivity index (χ4n) is 1.96. The predicted molar refractivity (Wildman–Crippen MR) is 75.3 cm³/mol. The van der Waals surface area contributed by atoms with Gasteiger partial charge in [-0.3, -0.25) is 0 Å². The number of benzene rings is 2. The molecule has 0 fully saturated rings. The Kier molecular flexibility index (Phi) is 3.35. The van der Waals surface area contributed by atoms with E-state index < -0.39 is 11.6 Å². The van der Waals surface area contributed by atoms with E-state index in [1.54, 1.807) is 12.1 Å². The summed E-state index contributed by atoms with van der Waals surface area (Å²) < 4.78 is 28.0. The second-order valence-corrected chi connectivity index (χ2v) is 4.62. The highest BCUT2D eigenvalue weighted by Crippen LogP contribution is 2.17. The SMILES string of the molecule is Nc1ccc(-c2ncn(Cc3ccc(F)cc3F)n2)cc1. The van der Waals surface area contributed by atoms with Gasteiger partial charge in [0.25, 0.3) is 0 Å². The molecular formula is C15H12F2N4.